The van der Waals surface area contributed by atoms with Crippen LogP contribution in [0.3, 0.4) is 0 Å². The van der Waals surface area contributed by atoms with Crippen molar-refractivity contribution in [3.8, 4) is 0 Å². The number of alkyl carbamates (subject to hydrolysis) is 1. The number of nitrogens with one attached hydrogen (secondary N) is 3. The van der Waals surface area contributed by atoms with Gasteiger partial charge in [0.15, 0.2) is 0 Å². The van der Waals surface area contributed by atoms with Crippen molar-refractivity contribution in [3.63, 3.8) is 0 Å². The summed E-state index contributed by atoms with van der Waals surface area (Å²) in [5, 5.41) is 11.1. The second kappa shape index (κ2) is 16.9. The van der Waals surface area contributed by atoms with Crippen LogP contribution >= 0.6 is 0 Å². The number of ether oxygens (including phenoxy) is 1. The highest BCUT2D eigenvalue weighted by Crippen LogP contribution is 2.29. The van der Waals surface area contributed by atoms with Crippen molar-refractivity contribution >= 4 is 34.6 Å². The first kappa shape index (κ1) is 40.0. The predicted octanol–water partition coefficient (Wildman–Crippen LogP) is 6.87. The monoisotopic (exact) mass is 736 g/mol. The lowest BCUT2D eigenvalue weighted by Crippen LogP contribution is -2.59. The molecule has 1 aromatic heterocycles. The van der Waals surface area contributed by atoms with E-state index in [2.05, 4.69) is 20.9 Å². The number of imidazole rings is 1. The van der Waals surface area contributed by atoms with E-state index in [4.69, 9.17) is 4.74 Å². The van der Waals surface area contributed by atoms with Gasteiger partial charge < -0.3 is 30.2 Å². The first-order chi connectivity index (χ1) is 25.6. The lowest BCUT2D eigenvalue weighted by Gasteiger charge is -2.35. The molecule has 3 aromatic carbocycles. The van der Waals surface area contributed by atoms with Crippen molar-refractivity contribution in [2.45, 2.75) is 117 Å². The van der Waals surface area contributed by atoms with Gasteiger partial charge in [-0.25, -0.2) is 9.78 Å². The van der Waals surface area contributed by atoms with Gasteiger partial charge in [-0.05, 0) is 74.3 Å². The van der Waals surface area contributed by atoms with Gasteiger partial charge in [0.1, 0.15) is 23.7 Å². The molecule has 1 aliphatic heterocycles. The topological polar surface area (TPSA) is 135 Å². The minimum atomic E-state index is -1.05. The Morgan fingerprint density at radius 1 is 0.889 bits per heavy atom. The highest BCUT2D eigenvalue weighted by Gasteiger charge is 2.43. The van der Waals surface area contributed by atoms with Crippen molar-refractivity contribution in [1.82, 2.24) is 30.4 Å². The molecule has 0 unspecified atom stereocenters. The third kappa shape index (κ3) is 9.86. The highest BCUT2D eigenvalue weighted by molar-refractivity contribution is 5.95. The van der Waals surface area contributed by atoms with E-state index in [0.29, 0.717) is 38.0 Å². The quantitative estimate of drug-likeness (QED) is 0.145. The summed E-state index contributed by atoms with van der Waals surface area (Å²) in [7, 11) is 0. The van der Waals surface area contributed by atoms with E-state index in [1.807, 2.05) is 118 Å². The summed E-state index contributed by atoms with van der Waals surface area (Å²) in [6.45, 7) is 15.8. The van der Waals surface area contributed by atoms with Gasteiger partial charge in [-0.3, -0.25) is 14.4 Å². The lowest BCUT2D eigenvalue weighted by molar-refractivity contribution is -0.142. The van der Waals surface area contributed by atoms with Gasteiger partial charge in [0.2, 0.25) is 17.7 Å². The summed E-state index contributed by atoms with van der Waals surface area (Å²) in [5.41, 5.74) is 1.29. The van der Waals surface area contributed by atoms with E-state index < -0.39 is 53.0 Å². The maximum absolute atomic E-state index is 14.6. The minimum Gasteiger partial charge on any atom is -0.444 e. The second-order valence-electron chi connectivity index (χ2n) is 16.4. The average Bonchev–Trinajstić information content (AvgIpc) is 3.79. The van der Waals surface area contributed by atoms with Crippen LogP contribution in [0.4, 0.5) is 4.79 Å². The zero-order chi connectivity index (χ0) is 39.2. The summed E-state index contributed by atoms with van der Waals surface area (Å²) in [4.78, 5) is 62.2. The number of fused-ring (bicyclic) bond motifs is 1. The van der Waals surface area contributed by atoms with Crippen molar-refractivity contribution in [2.24, 2.45) is 5.41 Å². The molecule has 5 atom stereocenters. The maximum Gasteiger partial charge on any atom is 0.408 e. The third-order valence-corrected chi connectivity index (χ3v) is 9.92. The molecule has 0 saturated carbocycles. The van der Waals surface area contributed by atoms with E-state index in [1.54, 1.807) is 27.1 Å². The molecule has 4 amide bonds. The van der Waals surface area contributed by atoms with Crippen LogP contribution < -0.4 is 16.0 Å². The van der Waals surface area contributed by atoms with Gasteiger partial charge in [-0.2, -0.15) is 0 Å². The molecule has 5 rings (SSSR count). The van der Waals surface area contributed by atoms with E-state index in [9.17, 15) is 19.2 Å². The molecule has 288 valence electrons. The molecule has 11 nitrogen and oxygen atoms in total. The van der Waals surface area contributed by atoms with Crippen LogP contribution in [0, 0.1) is 5.41 Å². The standard InChI is InChI=1S/C43H56N6O5/c1-9-31(34-26-48(27-44-34)25-29-17-11-10-12-18-29)36(46-41(53)54-43(6,7)8)40(52)49-24-16-23-35(49)38(50)47-37(42(3,4)5)39(51)45-28(2)32-22-15-20-30-19-13-14-21-33(30)32/h10-15,17-22,26-28,31,35-37H,9,16,23-25H2,1-8H3,(H,45,51)(H,46,53)(H,47,50)/t28-,31+,35-,36-,37+/m0/s1. The van der Waals surface area contributed by atoms with E-state index in [-0.39, 0.29) is 11.9 Å². The number of hydrogen-bond donors (Lipinski definition) is 3. The fraction of sp³-hybridized carbons (Fsp3) is 0.465. The van der Waals surface area contributed by atoms with Crippen LogP contribution in [-0.2, 0) is 25.7 Å². The first-order valence-electron chi connectivity index (χ1n) is 19.0. The normalized spacial score (nSPS) is 17.0. The Morgan fingerprint density at radius 2 is 1.57 bits per heavy atom. The zero-order valence-electron chi connectivity index (χ0n) is 32.9. The largest absolute Gasteiger partial charge is 0.444 e. The molecule has 1 aliphatic rings. The van der Waals surface area contributed by atoms with Gasteiger partial charge in [-0.15, -0.1) is 0 Å². The Kier molecular flexibility index (Phi) is 12.5. The predicted molar refractivity (Wildman–Crippen MR) is 211 cm³/mol. The molecule has 0 aliphatic carbocycles. The zero-order valence-corrected chi connectivity index (χ0v) is 32.9. The number of carbonyl (C=O) groups is 4. The molecule has 54 heavy (non-hydrogen) atoms. The molecule has 0 bridgehead atoms. The second-order valence-corrected chi connectivity index (χ2v) is 16.4. The van der Waals surface area contributed by atoms with E-state index in [1.165, 1.54) is 4.90 Å². The number of hydrogen-bond acceptors (Lipinski definition) is 6. The van der Waals surface area contributed by atoms with Gasteiger partial charge in [0, 0.05) is 25.2 Å². The molecular formula is C43H56N6O5. The Bertz CT molecular complexity index is 1920. The van der Waals surface area contributed by atoms with Crippen molar-refractivity contribution in [2.75, 3.05) is 6.54 Å². The Morgan fingerprint density at radius 3 is 2.26 bits per heavy atom. The van der Waals surface area contributed by atoms with Crippen LogP contribution in [-0.4, -0.2) is 68.5 Å². The number of nitrogens with zero attached hydrogens (tertiary/aromatic N) is 3. The summed E-state index contributed by atoms with van der Waals surface area (Å²) in [6.07, 6.45) is 4.40. The average molecular weight is 737 g/mol. The molecule has 4 aromatic rings. The Hall–Kier alpha value is -5.19. The van der Waals surface area contributed by atoms with Crippen LogP contribution in [0.1, 0.15) is 103 Å². The first-order valence-corrected chi connectivity index (χ1v) is 19.0. The molecule has 0 spiro atoms. The van der Waals surface area contributed by atoms with E-state index in [0.717, 1.165) is 21.9 Å². The molecule has 11 heteroatoms. The summed E-state index contributed by atoms with van der Waals surface area (Å²) in [5.74, 6) is -1.63. The van der Waals surface area contributed by atoms with Crippen LogP contribution in [0.15, 0.2) is 85.3 Å². The maximum atomic E-state index is 14.6. The fourth-order valence-corrected chi connectivity index (χ4v) is 7.23. The number of benzene rings is 3. The van der Waals surface area contributed by atoms with Gasteiger partial charge in [0.25, 0.3) is 0 Å². The summed E-state index contributed by atoms with van der Waals surface area (Å²) < 4.78 is 7.56. The Balaban J connectivity index is 1.36. The molecule has 2 heterocycles. The molecular weight excluding hydrogens is 681 g/mol. The number of aromatic nitrogens is 2. The van der Waals surface area contributed by atoms with Crippen LogP contribution in [0.2, 0.25) is 0 Å². The lowest BCUT2D eigenvalue weighted by atomic mass is 9.85. The molecule has 1 saturated heterocycles. The van der Waals surface area contributed by atoms with Gasteiger partial charge in [0.05, 0.1) is 18.1 Å². The SMILES string of the molecule is CC[C@H](c1cn(Cc2ccccc2)cn1)[C@H](NC(=O)OC(C)(C)C)C(=O)N1CCC[C@H]1C(=O)N[C@H](C(=O)N[C@@H](C)c1cccc2ccccc12)C(C)(C)C. The smallest absolute Gasteiger partial charge is 0.408 e. The summed E-state index contributed by atoms with van der Waals surface area (Å²) >= 11 is 0. The number of amides is 4. The third-order valence-electron chi connectivity index (χ3n) is 9.92. The highest BCUT2D eigenvalue weighted by atomic mass is 16.6. The number of carbonyl (C=O) groups excluding carboxylic acids is 4. The van der Waals surface area contributed by atoms with Crippen molar-refractivity contribution in [1.29, 1.82) is 0 Å². The number of likely N-dealkylation sites (tertiary alicyclic amines) is 1. The van der Waals surface area contributed by atoms with Gasteiger partial charge in [-0.1, -0.05) is 100 Å². The fourth-order valence-electron chi connectivity index (χ4n) is 7.23. The Labute approximate surface area is 319 Å². The van der Waals surface area contributed by atoms with Crippen molar-refractivity contribution < 1.29 is 23.9 Å². The molecule has 3 N–H and O–H groups in total. The van der Waals surface area contributed by atoms with Crippen LogP contribution in [0.5, 0.6) is 0 Å². The van der Waals surface area contributed by atoms with Crippen LogP contribution in [0.25, 0.3) is 10.8 Å². The number of rotatable bonds is 12. The summed E-state index contributed by atoms with van der Waals surface area (Å²) in [6, 6.07) is 20.9. The molecule has 1 fully saturated rings. The minimum absolute atomic E-state index is 0.311. The van der Waals surface area contributed by atoms with Gasteiger partial charge >= 0.3 is 6.09 Å². The molecule has 0 radical (unpaired) electrons. The van der Waals surface area contributed by atoms with E-state index >= 15 is 0 Å². The van der Waals surface area contributed by atoms with Crippen molar-refractivity contribution in [3.05, 3.63) is 102 Å².